The van der Waals surface area contributed by atoms with Crippen molar-refractivity contribution < 1.29 is 9.59 Å². The van der Waals surface area contributed by atoms with Crippen molar-refractivity contribution in [3.8, 4) is 11.3 Å². The third kappa shape index (κ3) is 3.08. The number of hydrogen-bond donors (Lipinski definition) is 1. The summed E-state index contributed by atoms with van der Waals surface area (Å²) in [6, 6.07) is 9.38. The second kappa shape index (κ2) is 6.37. The second-order valence-electron chi connectivity index (χ2n) is 5.27. The van der Waals surface area contributed by atoms with E-state index in [0.717, 1.165) is 16.3 Å². The molecule has 1 aliphatic rings. The van der Waals surface area contributed by atoms with Crippen LogP contribution in [0.5, 0.6) is 0 Å². The number of amides is 2. The van der Waals surface area contributed by atoms with E-state index < -0.39 is 6.04 Å². The van der Waals surface area contributed by atoms with Gasteiger partial charge in [-0.3, -0.25) is 14.5 Å². The molecule has 2 N–H and O–H groups in total. The predicted molar refractivity (Wildman–Crippen MR) is 85.2 cm³/mol. The van der Waals surface area contributed by atoms with Gasteiger partial charge in [0.05, 0.1) is 16.7 Å². The zero-order valence-electron chi connectivity index (χ0n) is 12.1. The van der Waals surface area contributed by atoms with Crippen LogP contribution in [-0.2, 0) is 16.0 Å². The molecule has 2 heterocycles. The number of likely N-dealkylation sites (tertiary alicyclic amines) is 1. The van der Waals surface area contributed by atoms with Gasteiger partial charge >= 0.3 is 0 Å². The fourth-order valence-corrected chi connectivity index (χ4v) is 3.27. The highest BCUT2D eigenvalue weighted by Gasteiger charge is 2.31. The van der Waals surface area contributed by atoms with Crippen LogP contribution in [0, 0.1) is 0 Å². The van der Waals surface area contributed by atoms with Crippen molar-refractivity contribution in [2.24, 2.45) is 5.73 Å². The molecule has 1 aromatic heterocycles. The summed E-state index contributed by atoms with van der Waals surface area (Å²) in [7, 11) is 0. The highest BCUT2D eigenvalue weighted by Crippen LogP contribution is 2.22. The van der Waals surface area contributed by atoms with E-state index in [1.165, 1.54) is 4.90 Å². The van der Waals surface area contributed by atoms with Crippen LogP contribution in [-0.4, -0.2) is 34.3 Å². The minimum atomic E-state index is -0.547. The van der Waals surface area contributed by atoms with Crippen LogP contribution in [0.4, 0.5) is 0 Å². The molecule has 114 valence electrons. The minimum Gasteiger partial charge on any atom is -0.320 e. The van der Waals surface area contributed by atoms with Gasteiger partial charge in [-0.25, -0.2) is 4.98 Å². The van der Waals surface area contributed by atoms with Crippen LogP contribution in [0.1, 0.15) is 17.8 Å². The summed E-state index contributed by atoms with van der Waals surface area (Å²) in [5.41, 5.74) is 7.71. The number of rotatable bonds is 4. The van der Waals surface area contributed by atoms with Crippen LogP contribution < -0.4 is 5.73 Å². The quantitative estimate of drug-likeness (QED) is 0.873. The summed E-state index contributed by atoms with van der Waals surface area (Å²) in [6.45, 7) is 0.354. The Kier molecular flexibility index (Phi) is 4.31. The Morgan fingerprint density at radius 1 is 1.27 bits per heavy atom. The van der Waals surface area contributed by atoms with E-state index >= 15 is 0 Å². The Labute approximate surface area is 132 Å². The lowest BCUT2D eigenvalue weighted by Crippen LogP contribution is -2.51. The fourth-order valence-electron chi connectivity index (χ4n) is 2.47. The maximum absolute atomic E-state index is 11.9. The maximum Gasteiger partial charge on any atom is 0.246 e. The highest BCUT2D eigenvalue weighted by molar-refractivity contribution is 7.09. The molecule has 0 saturated carbocycles. The van der Waals surface area contributed by atoms with Gasteiger partial charge in [-0.05, 0) is 6.42 Å². The van der Waals surface area contributed by atoms with E-state index in [1.807, 2.05) is 35.7 Å². The summed E-state index contributed by atoms with van der Waals surface area (Å²) in [6.07, 6.45) is 1.37. The van der Waals surface area contributed by atoms with Gasteiger partial charge in [0.25, 0.3) is 0 Å². The molecule has 2 aromatic rings. The zero-order valence-corrected chi connectivity index (χ0v) is 12.9. The zero-order chi connectivity index (χ0) is 15.5. The van der Waals surface area contributed by atoms with Crippen LogP contribution in [0.15, 0.2) is 35.7 Å². The molecule has 1 fully saturated rings. The van der Waals surface area contributed by atoms with Crippen LogP contribution in [0.2, 0.25) is 0 Å². The summed E-state index contributed by atoms with van der Waals surface area (Å²) < 4.78 is 0. The molecule has 22 heavy (non-hydrogen) atoms. The number of benzene rings is 1. The van der Waals surface area contributed by atoms with Gasteiger partial charge in [-0.2, -0.15) is 0 Å². The van der Waals surface area contributed by atoms with E-state index in [-0.39, 0.29) is 11.8 Å². The first-order chi connectivity index (χ1) is 10.6. The number of nitrogens with two attached hydrogens (primary N) is 1. The van der Waals surface area contributed by atoms with E-state index in [2.05, 4.69) is 4.98 Å². The normalized spacial score (nSPS) is 18.8. The lowest BCUT2D eigenvalue weighted by molar-refractivity contribution is -0.149. The molecular formula is C16H17N3O2S. The van der Waals surface area contributed by atoms with Gasteiger partial charge in [-0.15, -0.1) is 11.3 Å². The van der Waals surface area contributed by atoms with Crippen LogP contribution in [0.25, 0.3) is 11.3 Å². The first kappa shape index (κ1) is 14.9. The number of piperidine rings is 1. The first-order valence-corrected chi connectivity index (χ1v) is 8.13. The van der Waals surface area contributed by atoms with Crippen LogP contribution >= 0.6 is 11.3 Å². The minimum absolute atomic E-state index is 0.133. The van der Waals surface area contributed by atoms with Gasteiger partial charge in [0.1, 0.15) is 0 Å². The van der Waals surface area contributed by atoms with Crippen molar-refractivity contribution in [2.75, 3.05) is 6.54 Å². The first-order valence-electron chi connectivity index (χ1n) is 7.25. The molecule has 1 aromatic carbocycles. The highest BCUT2D eigenvalue weighted by atomic mass is 32.1. The number of thiazole rings is 1. The molecule has 0 aliphatic carbocycles. The van der Waals surface area contributed by atoms with E-state index in [9.17, 15) is 9.59 Å². The van der Waals surface area contributed by atoms with Gasteiger partial charge < -0.3 is 5.73 Å². The third-order valence-electron chi connectivity index (χ3n) is 3.72. The lowest BCUT2D eigenvalue weighted by atomic mass is 10.0. The number of aromatic nitrogens is 1. The van der Waals surface area contributed by atoms with Gasteiger partial charge in [0, 0.05) is 30.3 Å². The molecule has 1 saturated heterocycles. The van der Waals surface area contributed by atoms with Crippen molar-refractivity contribution in [1.29, 1.82) is 0 Å². The predicted octanol–water partition coefficient (Wildman–Crippen LogP) is 1.83. The Bertz CT molecular complexity index is 684. The Hall–Kier alpha value is -2.05. The number of carbonyl (C=O) groups is 2. The lowest BCUT2D eigenvalue weighted by Gasteiger charge is -2.28. The average molecular weight is 315 g/mol. The van der Waals surface area contributed by atoms with Gasteiger partial charge in [0.15, 0.2) is 0 Å². The smallest absolute Gasteiger partial charge is 0.246 e. The fraction of sp³-hybridized carbons (Fsp3) is 0.312. The third-order valence-corrected chi connectivity index (χ3v) is 4.63. The van der Waals surface area contributed by atoms with Crippen molar-refractivity contribution in [2.45, 2.75) is 25.3 Å². The molecule has 1 aliphatic heterocycles. The van der Waals surface area contributed by atoms with Gasteiger partial charge in [-0.1, -0.05) is 30.3 Å². The average Bonchev–Trinajstić information content (AvgIpc) is 3.01. The Balaban J connectivity index is 1.66. The van der Waals surface area contributed by atoms with E-state index in [4.69, 9.17) is 5.73 Å². The molecule has 6 heteroatoms. The molecule has 0 bridgehead atoms. The molecule has 2 amide bonds. The topological polar surface area (TPSA) is 76.3 Å². The van der Waals surface area contributed by atoms with Gasteiger partial charge in [0.2, 0.25) is 11.8 Å². The van der Waals surface area contributed by atoms with E-state index in [1.54, 1.807) is 11.3 Å². The molecule has 5 nitrogen and oxygen atoms in total. The molecule has 0 spiro atoms. The number of carbonyl (C=O) groups excluding carboxylic acids is 2. The van der Waals surface area contributed by atoms with Crippen molar-refractivity contribution in [3.63, 3.8) is 0 Å². The van der Waals surface area contributed by atoms with Crippen molar-refractivity contribution in [1.82, 2.24) is 9.88 Å². The SMILES string of the molecule is N[C@H]1CCC(=O)N(CCc2nc(-c3ccccc3)cs2)C1=O. The van der Waals surface area contributed by atoms with E-state index in [0.29, 0.717) is 25.8 Å². The van der Waals surface area contributed by atoms with Crippen molar-refractivity contribution >= 4 is 23.2 Å². The second-order valence-corrected chi connectivity index (χ2v) is 6.21. The largest absolute Gasteiger partial charge is 0.320 e. The maximum atomic E-state index is 11.9. The molecule has 1 atom stereocenters. The number of hydrogen-bond acceptors (Lipinski definition) is 5. The number of nitrogens with zero attached hydrogens (tertiary/aromatic N) is 2. The number of imide groups is 1. The molecule has 3 rings (SSSR count). The van der Waals surface area contributed by atoms with Crippen LogP contribution in [0.3, 0.4) is 0 Å². The summed E-state index contributed by atoms with van der Waals surface area (Å²) >= 11 is 1.54. The molecular weight excluding hydrogens is 298 g/mol. The molecule has 0 radical (unpaired) electrons. The standard InChI is InChI=1S/C16H17N3O2S/c17-12-6-7-15(20)19(16(12)21)9-8-14-18-13(10-22-14)11-4-2-1-3-5-11/h1-5,10,12H,6-9,17H2/t12-/m0/s1. The Morgan fingerprint density at radius 2 is 2.05 bits per heavy atom. The monoisotopic (exact) mass is 315 g/mol. The summed E-state index contributed by atoms with van der Waals surface area (Å²) in [4.78, 5) is 29.6. The Morgan fingerprint density at radius 3 is 2.82 bits per heavy atom. The molecule has 0 unspecified atom stereocenters. The summed E-state index contributed by atoms with van der Waals surface area (Å²) in [5, 5.41) is 2.91. The van der Waals surface area contributed by atoms with Crippen molar-refractivity contribution in [3.05, 3.63) is 40.7 Å². The summed E-state index contributed by atoms with van der Waals surface area (Å²) in [5.74, 6) is -0.400.